The van der Waals surface area contributed by atoms with Gasteiger partial charge < -0.3 is 19.0 Å². The molecule has 0 atom stereocenters. The van der Waals surface area contributed by atoms with E-state index in [1.54, 1.807) is 18.2 Å². The lowest BCUT2D eigenvalue weighted by atomic mass is 10.1. The summed E-state index contributed by atoms with van der Waals surface area (Å²) in [5.41, 5.74) is -1.02. The van der Waals surface area contributed by atoms with Gasteiger partial charge in [0.1, 0.15) is 5.60 Å². The van der Waals surface area contributed by atoms with E-state index < -0.39 is 17.0 Å². The average Bonchev–Trinajstić information content (AvgIpc) is 2.50. The topological polar surface area (TPSA) is 68.9 Å². The molecule has 5 heteroatoms. The monoisotopic (exact) mass is 332 g/mol. The van der Waals surface area contributed by atoms with Crippen molar-refractivity contribution in [3.8, 4) is 17.2 Å². The average molecular weight is 332 g/mol. The van der Waals surface area contributed by atoms with Gasteiger partial charge in [-0.05, 0) is 45.7 Å². The Bertz CT molecular complexity index is 781. The highest BCUT2D eigenvalue weighted by Crippen LogP contribution is 2.37. The van der Waals surface area contributed by atoms with Gasteiger partial charge >= 0.3 is 5.63 Å². The second-order valence-corrected chi connectivity index (χ2v) is 6.43. The Hall–Kier alpha value is -2.43. The van der Waals surface area contributed by atoms with Crippen LogP contribution in [-0.4, -0.2) is 17.3 Å². The van der Waals surface area contributed by atoms with Crippen LogP contribution in [0.4, 0.5) is 0 Å². The second kappa shape index (κ2) is 7.43. The maximum absolute atomic E-state index is 11.9. The molecule has 2 aromatic rings. The fourth-order valence-electron chi connectivity index (χ4n) is 2.23. The van der Waals surface area contributed by atoms with E-state index in [9.17, 15) is 9.90 Å². The zero-order valence-electron chi connectivity index (χ0n) is 14.6. The fourth-order valence-corrected chi connectivity index (χ4v) is 2.23. The number of para-hydroxylation sites is 1. The second-order valence-electron chi connectivity index (χ2n) is 6.43. The molecule has 130 valence electrons. The Kier molecular flexibility index (Phi) is 5.54. The van der Waals surface area contributed by atoms with E-state index in [4.69, 9.17) is 13.9 Å². The number of hydrogen-bond acceptors (Lipinski definition) is 5. The molecule has 1 aromatic heterocycles. The minimum Gasteiger partial charge on any atom is -0.499 e. The van der Waals surface area contributed by atoms with Crippen LogP contribution in [0.3, 0.4) is 0 Å². The summed E-state index contributed by atoms with van der Waals surface area (Å²) in [4.78, 5) is 11.9. The number of aromatic hydroxyl groups is 1. The molecule has 0 aliphatic heterocycles. The van der Waals surface area contributed by atoms with Crippen LogP contribution in [0, 0.1) is 0 Å². The summed E-state index contributed by atoms with van der Waals surface area (Å²) < 4.78 is 16.7. The molecule has 0 spiro atoms. The molecule has 0 radical (unpaired) electrons. The van der Waals surface area contributed by atoms with Crippen molar-refractivity contribution in [3.05, 3.63) is 40.8 Å². The number of rotatable bonds is 6. The molecule has 0 bridgehead atoms. The van der Waals surface area contributed by atoms with Crippen molar-refractivity contribution in [1.29, 1.82) is 0 Å². The van der Waals surface area contributed by atoms with Crippen molar-refractivity contribution in [2.45, 2.75) is 46.1 Å². The molecule has 0 aliphatic carbocycles. The Labute approximate surface area is 141 Å². The van der Waals surface area contributed by atoms with Crippen LogP contribution >= 0.6 is 0 Å². The Balaban J connectivity index is 2.43. The minimum atomic E-state index is -0.841. The molecule has 0 unspecified atom stereocenters. The lowest BCUT2D eigenvalue weighted by molar-refractivity contribution is 0.131. The van der Waals surface area contributed by atoms with Gasteiger partial charge in [-0.3, -0.25) is 0 Å². The third-order valence-electron chi connectivity index (χ3n) is 3.18. The highest BCUT2D eigenvalue weighted by atomic mass is 16.5. The summed E-state index contributed by atoms with van der Waals surface area (Å²) in [7, 11) is 0. The van der Waals surface area contributed by atoms with E-state index >= 15 is 0 Å². The summed E-state index contributed by atoms with van der Waals surface area (Å²) in [6, 6.07) is 5.22. The smallest absolute Gasteiger partial charge is 0.382 e. The van der Waals surface area contributed by atoms with E-state index in [1.807, 2.05) is 32.9 Å². The van der Waals surface area contributed by atoms with Crippen molar-refractivity contribution in [1.82, 2.24) is 0 Å². The molecule has 0 saturated carbocycles. The maximum atomic E-state index is 11.9. The summed E-state index contributed by atoms with van der Waals surface area (Å²) >= 11 is 0. The van der Waals surface area contributed by atoms with Crippen LogP contribution in [0.1, 0.15) is 40.5 Å². The number of allylic oxidation sites excluding steroid dienone is 1. The Morgan fingerprint density at radius 1 is 1.25 bits per heavy atom. The van der Waals surface area contributed by atoms with E-state index in [0.29, 0.717) is 24.2 Å². The highest BCUT2D eigenvalue weighted by molar-refractivity contribution is 5.89. The first-order chi connectivity index (χ1) is 11.3. The lowest BCUT2D eigenvalue weighted by Crippen LogP contribution is -2.23. The van der Waals surface area contributed by atoms with Gasteiger partial charge in [-0.15, -0.1) is 0 Å². The predicted molar refractivity (Wildman–Crippen MR) is 94.1 cm³/mol. The van der Waals surface area contributed by atoms with Crippen molar-refractivity contribution < 1.29 is 19.0 Å². The summed E-state index contributed by atoms with van der Waals surface area (Å²) in [6.07, 6.45) is 5.68. The quantitative estimate of drug-likeness (QED) is 0.482. The van der Waals surface area contributed by atoms with E-state index in [-0.39, 0.29) is 11.3 Å². The fraction of sp³-hybridized carbons (Fsp3) is 0.421. The largest absolute Gasteiger partial charge is 0.499 e. The Morgan fingerprint density at radius 3 is 2.67 bits per heavy atom. The minimum absolute atomic E-state index is 0.130. The van der Waals surface area contributed by atoms with Crippen LogP contribution in [0.15, 0.2) is 39.6 Å². The molecule has 0 amide bonds. The van der Waals surface area contributed by atoms with Gasteiger partial charge in [-0.25, -0.2) is 4.79 Å². The molecular formula is C19H24O5. The third-order valence-corrected chi connectivity index (χ3v) is 3.18. The van der Waals surface area contributed by atoms with Gasteiger partial charge in [-0.2, -0.15) is 0 Å². The van der Waals surface area contributed by atoms with E-state index in [1.165, 1.54) is 0 Å². The summed E-state index contributed by atoms with van der Waals surface area (Å²) in [6.45, 7) is 8.12. The van der Waals surface area contributed by atoms with Gasteiger partial charge in [0.15, 0.2) is 17.1 Å². The first-order valence-electron chi connectivity index (χ1n) is 8.09. The highest BCUT2D eigenvalue weighted by Gasteiger charge is 2.20. The van der Waals surface area contributed by atoms with Crippen LogP contribution in [-0.2, 0) is 0 Å². The standard InChI is InChI=1S/C19H24O5/c1-5-6-7-8-12-22-17-13-10-9-11-14(24-19(2,3)4)16(13)23-18(21)15(17)20/h6-7,9-11,20H,5,8,12H2,1-4H3. The van der Waals surface area contributed by atoms with Gasteiger partial charge in [0.2, 0.25) is 5.75 Å². The predicted octanol–water partition coefficient (Wildman–Crippen LogP) is 4.41. The first-order valence-corrected chi connectivity index (χ1v) is 8.09. The van der Waals surface area contributed by atoms with Gasteiger partial charge in [0.05, 0.1) is 12.0 Å². The van der Waals surface area contributed by atoms with Crippen LogP contribution in [0.2, 0.25) is 0 Å². The first kappa shape index (κ1) is 17.9. The molecule has 0 fully saturated rings. The third kappa shape index (κ3) is 4.31. The molecule has 24 heavy (non-hydrogen) atoms. The lowest BCUT2D eigenvalue weighted by Gasteiger charge is -2.22. The summed E-state index contributed by atoms with van der Waals surface area (Å²) in [5, 5.41) is 10.5. The molecule has 1 heterocycles. The van der Waals surface area contributed by atoms with Gasteiger partial charge in [0, 0.05) is 0 Å². The molecular weight excluding hydrogens is 308 g/mol. The van der Waals surface area contributed by atoms with Crippen molar-refractivity contribution in [2.24, 2.45) is 0 Å². The van der Waals surface area contributed by atoms with Gasteiger partial charge in [0.25, 0.3) is 0 Å². The van der Waals surface area contributed by atoms with Gasteiger partial charge in [-0.1, -0.05) is 25.1 Å². The van der Waals surface area contributed by atoms with E-state index in [0.717, 1.165) is 6.42 Å². The molecule has 2 rings (SSSR count). The zero-order valence-corrected chi connectivity index (χ0v) is 14.6. The van der Waals surface area contributed by atoms with Crippen LogP contribution < -0.4 is 15.1 Å². The Morgan fingerprint density at radius 2 is 2.00 bits per heavy atom. The van der Waals surface area contributed by atoms with Crippen molar-refractivity contribution in [2.75, 3.05) is 6.61 Å². The normalized spacial score (nSPS) is 12.0. The number of ether oxygens (including phenoxy) is 2. The zero-order chi connectivity index (χ0) is 17.7. The SMILES string of the molecule is CCC=CCCOc1c(O)c(=O)oc2c(OC(C)(C)C)cccc12. The number of fused-ring (bicyclic) bond motifs is 1. The summed E-state index contributed by atoms with van der Waals surface area (Å²) in [5.74, 6) is 0.0493. The molecule has 1 N–H and O–H groups in total. The van der Waals surface area contributed by atoms with Crippen LogP contribution in [0.5, 0.6) is 17.2 Å². The molecule has 5 nitrogen and oxygen atoms in total. The number of hydrogen-bond donors (Lipinski definition) is 1. The maximum Gasteiger partial charge on any atom is 0.382 e. The van der Waals surface area contributed by atoms with Crippen molar-refractivity contribution in [3.63, 3.8) is 0 Å². The molecule has 0 aliphatic rings. The molecule has 0 saturated heterocycles. The van der Waals surface area contributed by atoms with E-state index in [2.05, 4.69) is 6.92 Å². The van der Waals surface area contributed by atoms with Crippen LogP contribution in [0.25, 0.3) is 11.0 Å². The number of benzene rings is 1. The molecule has 1 aromatic carbocycles. The van der Waals surface area contributed by atoms with Crippen molar-refractivity contribution >= 4 is 11.0 Å².